The third kappa shape index (κ3) is 2.72. The maximum absolute atomic E-state index is 10.5. The summed E-state index contributed by atoms with van der Waals surface area (Å²) >= 11 is 0. The van der Waals surface area contributed by atoms with Crippen molar-refractivity contribution >= 4 is 5.97 Å². The molecule has 1 aromatic rings. The normalized spacial score (nSPS) is 20.7. The van der Waals surface area contributed by atoms with E-state index in [0.29, 0.717) is 12.5 Å². The molecular formula is C15H21NO2. The first-order chi connectivity index (χ1) is 8.50. The van der Waals surface area contributed by atoms with Crippen molar-refractivity contribution in [2.24, 2.45) is 5.41 Å². The van der Waals surface area contributed by atoms with Crippen LogP contribution in [0.3, 0.4) is 0 Å². The van der Waals surface area contributed by atoms with Crippen LogP contribution in [0, 0.1) is 5.41 Å². The molecule has 0 saturated heterocycles. The van der Waals surface area contributed by atoms with E-state index in [9.17, 15) is 4.79 Å². The minimum Gasteiger partial charge on any atom is -0.481 e. The molecule has 2 N–H and O–H groups in total. The summed E-state index contributed by atoms with van der Waals surface area (Å²) in [5.74, 6) is -0.720. The molecule has 0 fully saturated rings. The second-order valence-corrected chi connectivity index (χ2v) is 5.75. The van der Waals surface area contributed by atoms with Gasteiger partial charge < -0.3 is 10.4 Å². The summed E-state index contributed by atoms with van der Waals surface area (Å²) in [6.07, 6.45) is 2.01. The van der Waals surface area contributed by atoms with E-state index in [1.165, 1.54) is 11.1 Å². The van der Waals surface area contributed by atoms with Crippen molar-refractivity contribution in [3.8, 4) is 0 Å². The number of nitrogens with one attached hydrogen (secondary N) is 1. The summed E-state index contributed by atoms with van der Waals surface area (Å²) in [5.41, 5.74) is 2.99. The lowest BCUT2D eigenvalue weighted by atomic mass is 9.85. The number of carboxylic acid groups (broad SMARTS) is 1. The molecule has 1 aromatic carbocycles. The van der Waals surface area contributed by atoms with Crippen molar-refractivity contribution in [1.29, 1.82) is 0 Å². The Balaban J connectivity index is 2.00. The SMILES string of the molecule is CC1(C)Cc2ccccc2C1NCCCC(=O)O. The Morgan fingerprint density at radius 2 is 2.17 bits per heavy atom. The summed E-state index contributed by atoms with van der Waals surface area (Å²) in [7, 11) is 0. The molecule has 0 saturated carbocycles. The molecule has 98 valence electrons. The average molecular weight is 247 g/mol. The summed E-state index contributed by atoms with van der Waals surface area (Å²) in [6.45, 7) is 5.29. The number of fused-ring (bicyclic) bond motifs is 1. The van der Waals surface area contributed by atoms with Crippen LogP contribution in [-0.4, -0.2) is 17.6 Å². The molecule has 0 heterocycles. The van der Waals surface area contributed by atoms with E-state index in [-0.39, 0.29) is 11.8 Å². The molecular weight excluding hydrogens is 226 g/mol. The van der Waals surface area contributed by atoms with Crippen LogP contribution in [-0.2, 0) is 11.2 Å². The number of rotatable bonds is 5. The summed E-state index contributed by atoms with van der Waals surface area (Å²) < 4.78 is 0. The Bertz CT molecular complexity index is 440. The Kier molecular flexibility index (Phi) is 3.71. The summed E-state index contributed by atoms with van der Waals surface area (Å²) in [4.78, 5) is 10.5. The number of aliphatic carboxylic acids is 1. The second-order valence-electron chi connectivity index (χ2n) is 5.75. The largest absolute Gasteiger partial charge is 0.481 e. The van der Waals surface area contributed by atoms with Crippen LogP contribution >= 0.6 is 0 Å². The van der Waals surface area contributed by atoms with Gasteiger partial charge in [0.1, 0.15) is 0 Å². The Labute approximate surface area is 108 Å². The molecule has 0 amide bonds. The van der Waals surface area contributed by atoms with E-state index in [1.807, 2.05) is 0 Å². The van der Waals surface area contributed by atoms with Gasteiger partial charge in [-0.15, -0.1) is 0 Å². The number of carbonyl (C=O) groups is 1. The topological polar surface area (TPSA) is 49.3 Å². The van der Waals surface area contributed by atoms with Crippen LogP contribution < -0.4 is 5.32 Å². The highest BCUT2D eigenvalue weighted by Gasteiger charge is 2.37. The highest BCUT2D eigenvalue weighted by atomic mass is 16.4. The fraction of sp³-hybridized carbons (Fsp3) is 0.533. The zero-order chi connectivity index (χ0) is 13.2. The predicted octanol–water partition coefficient (Wildman–Crippen LogP) is 2.76. The summed E-state index contributed by atoms with van der Waals surface area (Å²) in [6, 6.07) is 8.87. The number of carboxylic acids is 1. The minimum absolute atomic E-state index is 0.201. The molecule has 2 rings (SSSR count). The van der Waals surface area contributed by atoms with Gasteiger partial charge in [0, 0.05) is 12.5 Å². The van der Waals surface area contributed by atoms with Gasteiger partial charge in [0.15, 0.2) is 0 Å². The highest BCUT2D eigenvalue weighted by molar-refractivity contribution is 5.66. The molecule has 1 aliphatic carbocycles. The Morgan fingerprint density at radius 3 is 2.89 bits per heavy atom. The molecule has 0 radical (unpaired) electrons. The number of hydrogen-bond donors (Lipinski definition) is 2. The van der Waals surface area contributed by atoms with E-state index < -0.39 is 5.97 Å². The highest BCUT2D eigenvalue weighted by Crippen LogP contribution is 2.44. The van der Waals surface area contributed by atoms with Crippen LogP contribution in [0.15, 0.2) is 24.3 Å². The molecule has 0 bridgehead atoms. The van der Waals surface area contributed by atoms with E-state index in [0.717, 1.165) is 13.0 Å². The minimum atomic E-state index is -0.720. The Hall–Kier alpha value is -1.35. The lowest BCUT2D eigenvalue weighted by Crippen LogP contribution is -2.32. The molecule has 18 heavy (non-hydrogen) atoms. The second kappa shape index (κ2) is 5.11. The number of hydrogen-bond acceptors (Lipinski definition) is 2. The smallest absolute Gasteiger partial charge is 0.303 e. The maximum Gasteiger partial charge on any atom is 0.303 e. The van der Waals surface area contributed by atoms with E-state index >= 15 is 0 Å². The quantitative estimate of drug-likeness (QED) is 0.787. The van der Waals surface area contributed by atoms with Crippen molar-refractivity contribution in [3.05, 3.63) is 35.4 Å². The van der Waals surface area contributed by atoms with Crippen molar-refractivity contribution in [2.75, 3.05) is 6.54 Å². The van der Waals surface area contributed by atoms with Crippen molar-refractivity contribution in [3.63, 3.8) is 0 Å². The predicted molar refractivity (Wildman–Crippen MR) is 71.5 cm³/mol. The lowest BCUT2D eigenvalue weighted by molar-refractivity contribution is -0.137. The van der Waals surface area contributed by atoms with Gasteiger partial charge in [0.05, 0.1) is 0 Å². The zero-order valence-electron chi connectivity index (χ0n) is 11.1. The van der Waals surface area contributed by atoms with Gasteiger partial charge in [-0.2, -0.15) is 0 Å². The first-order valence-corrected chi connectivity index (χ1v) is 6.54. The molecule has 1 aliphatic rings. The maximum atomic E-state index is 10.5. The first-order valence-electron chi connectivity index (χ1n) is 6.54. The fourth-order valence-electron chi connectivity index (χ4n) is 2.86. The van der Waals surface area contributed by atoms with Crippen LogP contribution in [0.1, 0.15) is 43.9 Å². The van der Waals surface area contributed by atoms with Crippen molar-refractivity contribution < 1.29 is 9.90 Å². The van der Waals surface area contributed by atoms with Gasteiger partial charge >= 0.3 is 5.97 Å². The van der Waals surface area contributed by atoms with Gasteiger partial charge in [0.25, 0.3) is 0 Å². The van der Waals surface area contributed by atoms with Gasteiger partial charge in [0.2, 0.25) is 0 Å². The lowest BCUT2D eigenvalue weighted by Gasteiger charge is -2.28. The molecule has 0 spiro atoms. The van der Waals surface area contributed by atoms with Crippen molar-refractivity contribution in [1.82, 2.24) is 5.32 Å². The molecule has 1 atom stereocenters. The monoisotopic (exact) mass is 247 g/mol. The van der Waals surface area contributed by atoms with Crippen LogP contribution in [0.25, 0.3) is 0 Å². The third-order valence-corrected chi connectivity index (χ3v) is 3.71. The molecule has 3 nitrogen and oxygen atoms in total. The molecule has 0 aliphatic heterocycles. The molecule has 0 aromatic heterocycles. The zero-order valence-corrected chi connectivity index (χ0v) is 11.1. The molecule has 3 heteroatoms. The van der Waals surface area contributed by atoms with Crippen molar-refractivity contribution in [2.45, 2.75) is 39.2 Å². The average Bonchev–Trinajstić information content (AvgIpc) is 2.54. The fourth-order valence-corrected chi connectivity index (χ4v) is 2.86. The van der Waals surface area contributed by atoms with Crippen LogP contribution in [0.2, 0.25) is 0 Å². The van der Waals surface area contributed by atoms with Gasteiger partial charge in [-0.1, -0.05) is 38.1 Å². The Morgan fingerprint density at radius 1 is 1.44 bits per heavy atom. The van der Waals surface area contributed by atoms with Gasteiger partial charge in [-0.05, 0) is 35.9 Å². The third-order valence-electron chi connectivity index (χ3n) is 3.71. The van der Waals surface area contributed by atoms with Crippen LogP contribution in [0.5, 0.6) is 0 Å². The standard InChI is InChI=1S/C15H21NO2/c1-15(2)10-11-6-3-4-7-12(11)14(15)16-9-5-8-13(17)18/h3-4,6-7,14,16H,5,8-10H2,1-2H3,(H,17,18). The van der Waals surface area contributed by atoms with E-state index in [1.54, 1.807) is 0 Å². The summed E-state index contributed by atoms with van der Waals surface area (Å²) in [5, 5.41) is 12.2. The van der Waals surface area contributed by atoms with Gasteiger partial charge in [-0.25, -0.2) is 0 Å². The van der Waals surface area contributed by atoms with Crippen LogP contribution in [0.4, 0.5) is 0 Å². The molecule has 1 unspecified atom stereocenters. The van der Waals surface area contributed by atoms with E-state index in [4.69, 9.17) is 5.11 Å². The number of benzene rings is 1. The first kappa shape index (κ1) is 13.1. The van der Waals surface area contributed by atoms with E-state index in [2.05, 4.69) is 43.4 Å². The van der Waals surface area contributed by atoms with Gasteiger partial charge in [-0.3, -0.25) is 4.79 Å².